The number of ether oxygens (including phenoxy) is 3. The van der Waals surface area contributed by atoms with E-state index >= 15 is 0 Å². The van der Waals surface area contributed by atoms with Crippen LogP contribution in [0.25, 0.3) is 0 Å². The van der Waals surface area contributed by atoms with Gasteiger partial charge >= 0.3 is 18.2 Å². The molecule has 2 rings (SSSR count). The molecule has 0 fully saturated rings. The Kier molecular flexibility index (Phi) is 6.69. The molecule has 150 valence electrons. The van der Waals surface area contributed by atoms with Gasteiger partial charge in [-0.3, -0.25) is 0 Å². The van der Waals surface area contributed by atoms with Crippen molar-refractivity contribution in [2.45, 2.75) is 6.18 Å². The minimum absolute atomic E-state index is 0.0275. The highest BCUT2D eigenvalue weighted by Gasteiger charge is 2.29. The molecule has 0 bridgehead atoms. The SMILES string of the molecule is CO/N=C(/C(=O)OC)c1ccc(F)cc1Oc1nccc(OCC(F)(F)F)n1. The van der Waals surface area contributed by atoms with Gasteiger partial charge in [-0.25, -0.2) is 14.2 Å². The first-order valence-electron chi connectivity index (χ1n) is 7.43. The predicted octanol–water partition coefficient (Wildman–Crippen LogP) is 2.87. The van der Waals surface area contributed by atoms with Crippen molar-refractivity contribution in [2.75, 3.05) is 20.8 Å². The summed E-state index contributed by atoms with van der Waals surface area (Å²) in [7, 11) is 2.28. The zero-order valence-corrected chi connectivity index (χ0v) is 14.5. The first-order chi connectivity index (χ1) is 13.2. The van der Waals surface area contributed by atoms with E-state index in [0.717, 1.165) is 31.5 Å². The maximum Gasteiger partial charge on any atom is 0.422 e. The topological polar surface area (TPSA) is 92.1 Å². The third kappa shape index (κ3) is 5.79. The molecule has 0 radical (unpaired) electrons. The molecule has 0 atom stereocenters. The number of carbonyl (C=O) groups is 1. The minimum atomic E-state index is -4.56. The molecule has 28 heavy (non-hydrogen) atoms. The van der Waals surface area contributed by atoms with Gasteiger partial charge in [0, 0.05) is 18.3 Å². The number of hydrogen-bond acceptors (Lipinski definition) is 8. The van der Waals surface area contributed by atoms with Crippen LogP contribution in [0.15, 0.2) is 35.6 Å². The number of esters is 1. The van der Waals surface area contributed by atoms with Gasteiger partial charge in [-0.1, -0.05) is 5.16 Å². The van der Waals surface area contributed by atoms with E-state index in [-0.39, 0.29) is 17.0 Å². The quantitative estimate of drug-likeness (QED) is 0.304. The fourth-order valence-corrected chi connectivity index (χ4v) is 1.87. The minimum Gasteiger partial charge on any atom is -0.468 e. The van der Waals surface area contributed by atoms with E-state index in [0.29, 0.717) is 0 Å². The number of nitrogens with zero attached hydrogens (tertiary/aromatic N) is 3. The molecule has 12 heteroatoms. The van der Waals surface area contributed by atoms with Crippen molar-refractivity contribution in [1.29, 1.82) is 0 Å². The van der Waals surface area contributed by atoms with E-state index in [9.17, 15) is 22.4 Å². The summed E-state index contributed by atoms with van der Waals surface area (Å²) < 4.78 is 64.8. The average Bonchev–Trinajstić information content (AvgIpc) is 2.64. The van der Waals surface area contributed by atoms with Gasteiger partial charge in [-0.15, -0.1) is 0 Å². The number of benzene rings is 1. The zero-order valence-electron chi connectivity index (χ0n) is 14.5. The first kappa shape index (κ1) is 20.9. The van der Waals surface area contributed by atoms with E-state index < -0.39 is 36.5 Å². The molecule has 0 aliphatic heterocycles. The van der Waals surface area contributed by atoms with Gasteiger partial charge in [-0.05, 0) is 12.1 Å². The Bertz CT molecular complexity index is 874. The maximum absolute atomic E-state index is 13.7. The number of oxime groups is 1. The summed E-state index contributed by atoms with van der Waals surface area (Å²) in [6.45, 7) is -1.57. The van der Waals surface area contributed by atoms with Crippen LogP contribution in [0.3, 0.4) is 0 Å². The van der Waals surface area contributed by atoms with E-state index in [2.05, 4.69) is 29.4 Å². The lowest BCUT2D eigenvalue weighted by Gasteiger charge is -2.12. The third-order valence-electron chi connectivity index (χ3n) is 2.95. The van der Waals surface area contributed by atoms with Gasteiger partial charge in [0.2, 0.25) is 5.88 Å². The second-order valence-corrected chi connectivity index (χ2v) is 4.94. The monoisotopic (exact) mass is 403 g/mol. The molecule has 0 aliphatic rings. The summed E-state index contributed by atoms with van der Waals surface area (Å²) in [5.41, 5.74) is -0.371. The number of rotatable bonds is 7. The van der Waals surface area contributed by atoms with Crippen LogP contribution in [0.1, 0.15) is 5.56 Å². The lowest BCUT2D eigenvalue weighted by atomic mass is 10.1. The van der Waals surface area contributed by atoms with Crippen LogP contribution in [-0.4, -0.2) is 48.7 Å². The van der Waals surface area contributed by atoms with Crippen LogP contribution in [0.2, 0.25) is 0 Å². The molecule has 0 unspecified atom stereocenters. The van der Waals surface area contributed by atoms with Crippen LogP contribution >= 0.6 is 0 Å². The van der Waals surface area contributed by atoms with Crippen molar-refractivity contribution in [3.8, 4) is 17.6 Å². The van der Waals surface area contributed by atoms with Crippen LogP contribution in [-0.2, 0) is 14.4 Å². The molecule has 1 aromatic heterocycles. The van der Waals surface area contributed by atoms with Crippen LogP contribution in [0.5, 0.6) is 17.6 Å². The highest BCUT2D eigenvalue weighted by Crippen LogP contribution is 2.27. The highest BCUT2D eigenvalue weighted by molar-refractivity contribution is 6.43. The second kappa shape index (κ2) is 8.97. The zero-order chi connectivity index (χ0) is 20.7. The number of halogens is 4. The highest BCUT2D eigenvalue weighted by atomic mass is 19.4. The summed E-state index contributed by atoms with van der Waals surface area (Å²) in [4.78, 5) is 23.8. The Morgan fingerprint density at radius 2 is 1.96 bits per heavy atom. The van der Waals surface area contributed by atoms with Crippen molar-refractivity contribution in [3.05, 3.63) is 41.8 Å². The van der Waals surface area contributed by atoms with Gasteiger partial charge in [0.1, 0.15) is 18.7 Å². The molecule has 0 N–H and O–H groups in total. The van der Waals surface area contributed by atoms with E-state index in [1.165, 1.54) is 13.2 Å². The fourth-order valence-electron chi connectivity index (χ4n) is 1.87. The molecule has 1 heterocycles. The van der Waals surface area contributed by atoms with Crippen LogP contribution in [0, 0.1) is 5.82 Å². The van der Waals surface area contributed by atoms with Crippen molar-refractivity contribution in [2.24, 2.45) is 5.16 Å². The first-order valence-corrected chi connectivity index (χ1v) is 7.43. The second-order valence-electron chi connectivity index (χ2n) is 4.94. The Morgan fingerprint density at radius 1 is 1.21 bits per heavy atom. The van der Waals surface area contributed by atoms with Crippen molar-refractivity contribution in [1.82, 2.24) is 9.97 Å². The molecule has 0 saturated heterocycles. The Labute approximate surface area is 155 Å². The summed E-state index contributed by atoms with van der Waals surface area (Å²) in [5, 5.41) is 3.52. The van der Waals surface area contributed by atoms with Gasteiger partial charge in [0.15, 0.2) is 12.3 Å². The number of methoxy groups -OCH3 is 1. The molecule has 2 aromatic rings. The molecule has 0 aliphatic carbocycles. The summed E-state index contributed by atoms with van der Waals surface area (Å²) in [6, 6.07) is 3.73. The molecular formula is C16H13F4N3O5. The Balaban J connectivity index is 2.35. The van der Waals surface area contributed by atoms with Crippen molar-refractivity contribution >= 4 is 11.7 Å². The molecule has 8 nitrogen and oxygen atoms in total. The number of alkyl halides is 3. The largest absolute Gasteiger partial charge is 0.468 e. The molecule has 0 spiro atoms. The van der Waals surface area contributed by atoms with Crippen molar-refractivity contribution < 1.29 is 41.4 Å². The standard InChI is InChI=1S/C16H13F4N3O5/c1-25-14(24)13(23-26-2)10-4-3-9(17)7-11(10)28-15-21-6-5-12(22-15)27-8-16(18,19)20/h3-7H,8H2,1-2H3/b23-13+. The number of carbonyl (C=O) groups excluding carboxylic acids is 1. The lowest BCUT2D eigenvalue weighted by molar-refractivity contribution is -0.154. The van der Waals surface area contributed by atoms with E-state index in [1.807, 2.05) is 0 Å². The Hall–Kier alpha value is -3.44. The van der Waals surface area contributed by atoms with Gasteiger partial charge in [0.05, 0.1) is 12.7 Å². The normalized spacial score (nSPS) is 11.7. The summed E-state index contributed by atoms with van der Waals surface area (Å²) >= 11 is 0. The molecule has 0 amide bonds. The van der Waals surface area contributed by atoms with Gasteiger partial charge in [0.25, 0.3) is 0 Å². The molecule has 0 saturated carbocycles. The summed E-state index contributed by atoms with van der Waals surface area (Å²) in [5.74, 6) is -2.31. The smallest absolute Gasteiger partial charge is 0.422 e. The predicted molar refractivity (Wildman–Crippen MR) is 85.6 cm³/mol. The third-order valence-corrected chi connectivity index (χ3v) is 2.95. The lowest BCUT2D eigenvalue weighted by Crippen LogP contribution is -2.20. The van der Waals surface area contributed by atoms with Crippen LogP contribution < -0.4 is 9.47 Å². The number of aromatic nitrogens is 2. The van der Waals surface area contributed by atoms with E-state index in [4.69, 9.17) is 4.74 Å². The number of hydrogen-bond donors (Lipinski definition) is 0. The maximum atomic E-state index is 13.7. The van der Waals surface area contributed by atoms with Crippen molar-refractivity contribution in [3.63, 3.8) is 0 Å². The average molecular weight is 403 g/mol. The molecule has 1 aromatic carbocycles. The fraction of sp³-hybridized carbons (Fsp3) is 0.250. The van der Waals surface area contributed by atoms with E-state index in [1.54, 1.807) is 0 Å². The Morgan fingerprint density at radius 3 is 2.61 bits per heavy atom. The van der Waals surface area contributed by atoms with Crippen LogP contribution in [0.4, 0.5) is 17.6 Å². The van der Waals surface area contributed by atoms with Gasteiger partial charge < -0.3 is 19.0 Å². The van der Waals surface area contributed by atoms with Gasteiger partial charge in [-0.2, -0.15) is 18.2 Å². The summed E-state index contributed by atoms with van der Waals surface area (Å²) in [6.07, 6.45) is -3.48. The molecular weight excluding hydrogens is 390 g/mol.